The lowest BCUT2D eigenvalue weighted by atomic mass is 9.72. The van der Waals surface area contributed by atoms with Gasteiger partial charge in [0.1, 0.15) is 22.8 Å². The Morgan fingerprint density at radius 3 is 2.43 bits per heavy atom. The third kappa shape index (κ3) is 3.73. The fraction of sp³-hybridized carbons (Fsp3) is 0.423. The molecule has 7 N–H and O–H groups in total. The minimum absolute atomic E-state index is 0.0478. The maximum Gasteiger partial charge on any atom is 0.202 e. The van der Waals surface area contributed by atoms with E-state index in [2.05, 4.69) is 0 Å². The highest BCUT2D eigenvalue weighted by molar-refractivity contribution is 6.31. The Hall–Kier alpha value is -3.35. The number of aromatic hydroxyl groups is 3. The standard InChI is InChI=1S/C26H27NO10/c1-9-21(30)13(27)6-16(36-9)37-15-8-26(35,10(2)28)7-12-18(15)25(34)20-19(23(12)32)22(31)11-4-3-5-14(29)17(11)24(20)33/h3-5,9,13,15-16,21,29-30,32,34-35H,6-8,27H2,1-2H3/t9-,13+,15-,16-,21+,26+/m1/s1. The molecule has 1 fully saturated rings. The molecule has 5 rings (SSSR count). The maximum atomic E-state index is 13.4. The third-order valence-corrected chi connectivity index (χ3v) is 7.59. The average Bonchev–Trinajstić information content (AvgIpc) is 2.82. The number of rotatable bonds is 3. The van der Waals surface area contributed by atoms with Gasteiger partial charge in [0.05, 0.1) is 35.0 Å². The summed E-state index contributed by atoms with van der Waals surface area (Å²) < 4.78 is 11.7. The molecular weight excluding hydrogens is 486 g/mol. The van der Waals surface area contributed by atoms with Crippen LogP contribution in [0.5, 0.6) is 17.2 Å². The zero-order chi connectivity index (χ0) is 27.0. The van der Waals surface area contributed by atoms with Crippen LogP contribution in [0.25, 0.3) is 0 Å². The molecule has 0 spiro atoms. The number of aliphatic hydroxyl groups excluding tert-OH is 1. The molecule has 0 amide bonds. The van der Waals surface area contributed by atoms with Crippen LogP contribution in [0.1, 0.15) is 75.8 Å². The van der Waals surface area contributed by atoms with Gasteiger partial charge in [0.25, 0.3) is 0 Å². The summed E-state index contributed by atoms with van der Waals surface area (Å²) in [5.41, 5.74) is 2.29. The first-order valence-corrected chi connectivity index (χ1v) is 11.9. The number of carbonyl (C=O) groups excluding carboxylic acids is 3. The number of fused-ring (bicyclic) bond motifs is 3. The molecule has 196 valence electrons. The molecular formula is C26H27NO10. The van der Waals surface area contributed by atoms with Crippen LogP contribution in [0.2, 0.25) is 0 Å². The lowest BCUT2D eigenvalue weighted by Crippen LogP contribution is -2.52. The van der Waals surface area contributed by atoms with Crippen LogP contribution in [0.4, 0.5) is 0 Å². The van der Waals surface area contributed by atoms with Crippen molar-refractivity contribution >= 4 is 17.3 Å². The summed E-state index contributed by atoms with van der Waals surface area (Å²) in [6.45, 7) is 2.76. The summed E-state index contributed by atoms with van der Waals surface area (Å²) in [5, 5.41) is 54.1. The minimum atomic E-state index is -2.02. The van der Waals surface area contributed by atoms with Gasteiger partial charge < -0.3 is 40.7 Å². The van der Waals surface area contributed by atoms with E-state index in [1.807, 2.05) is 0 Å². The van der Waals surface area contributed by atoms with Gasteiger partial charge in [0.15, 0.2) is 17.9 Å². The quantitative estimate of drug-likeness (QED) is 0.270. The molecule has 3 aliphatic rings. The number of phenols is 3. The fourth-order valence-corrected chi connectivity index (χ4v) is 5.50. The number of Topliss-reactive ketones (excluding diaryl/α,β-unsaturated/α-hetero) is 1. The molecule has 1 aliphatic heterocycles. The Bertz CT molecular complexity index is 1340. The molecule has 37 heavy (non-hydrogen) atoms. The lowest BCUT2D eigenvalue weighted by Gasteiger charge is -2.42. The molecule has 2 aromatic carbocycles. The average molecular weight is 513 g/mol. The molecule has 0 radical (unpaired) electrons. The molecule has 2 aliphatic carbocycles. The third-order valence-electron chi connectivity index (χ3n) is 7.59. The highest BCUT2D eigenvalue weighted by Crippen LogP contribution is 2.52. The van der Waals surface area contributed by atoms with E-state index in [0.29, 0.717) is 0 Å². The second-order valence-electron chi connectivity index (χ2n) is 9.95. The van der Waals surface area contributed by atoms with E-state index in [1.54, 1.807) is 6.92 Å². The largest absolute Gasteiger partial charge is 0.507 e. The van der Waals surface area contributed by atoms with Crippen LogP contribution >= 0.6 is 0 Å². The second-order valence-corrected chi connectivity index (χ2v) is 9.95. The Morgan fingerprint density at radius 1 is 1.11 bits per heavy atom. The van der Waals surface area contributed by atoms with Crippen molar-refractivity contribution < 1.29 is 49.4 Å². The molecule has 11 nitrogen and oxygen atoms in total. The molecule has 0 unspecified atom stereocenters. The zero-order valence-corrected chi connectivity index (χ0v) is 20.1. The van der Waals surface area contributed by atoms with Crippen molar-refractivity contribution in [2.24, 2.45) is 5.73 Å². The lowest BCUT2D eigenvalue weighted by molar-refractivity contribution is -0.247. The Balaban J connectivity index is 1.68. The van der Waals surface area contributed by atoms with E-state index >= 15 is 0 Å². The minimum Gasteiger partial charge on any atom is -0.507 e. The molecule has 1 saturated heterocycles. The fourth-order valence-electron chi connectivity index (χ4n) is 5.50. The Morgan fingerprint density at radius 2 is 1.78 bits per heavy atom. The van der Waals surface area contributed by atoms with E-state index < -0.39 is 88.4 Å². The molecule has 2 aromatic rings. The summed E-state index contributed by atoms with van der Waals surface area (Å²) in [6, 6.07) is 3.20. The molecule has 0 saturated carbocycles. The smallest absolute Gasteiger partial charge is 0.202 e. The van der Waals surface area contributed by atoms with Crippen molar-refractivity contribution in [2.45, 2.75) is 69.4 Å². The normalized spacial score (nSPS) is 30.9. The van der Waals surface area contributed by atoms with Crippen LogP contribution in [-0.4, -0.2) is 73.0 Å². The van der Waals surface area contributed by atoms with Gasteiger partial charge in [0, 0.05) is 42.0 Å². The van der Waals surface area contributed by atoms with Gasteiger partial charge in [-0.1, -0.05) is 12.1 Å². The highest BCUT2D eigenvalue weighted by Gasteiger charge is 2.49. The maximum absolute atomic E-state index is 13.4. The second kappa shape index (κ2) is 8.61. The van der Waals surface area contributed by atoms with Crippen LogP contribution in [-0.2, 0) is 20.7 Å². The van der Waals surface area contributed by atoms with E-state index in [4.69, 9.17) is 15.2 Å². The van der Waals surface area contributed by atoms with Crippen molar-refractivity contribution in [1.82, 2.24) is 0 Å². The van der Waals surface area contributed by atoms with Crippen LogP contribution < -0.4 is 5.73 Å². The first-order valence-electron chi connectivity index (χ1n) is 11.9. The number of carbonyl (C=O) groups is 3. The summed E-state index contributed by atoms with van der Waals surface area (Å²) in [6.07, 6.45) is -4.68. The van der Waals surface area contributed by atoms with Crippen molar-refractivity contribution in [2.75, 3.05) is 0 Å². The molecule has 0 aromatic heterocycles. The van der Waals surface area contributed by atoms with Crippen LogP contribution in [0.15, 0.2) is 18.2 Å². The van der Waals surface area contributed by atoms with Crippen molar-refractivity contribution in [3.8, 4) is 17.2 Å². The Labute approximate surface area is 211 Å². The van der Waals surface area contributed by atoms with Crippen molar-refractivity contribution in [3.05, 3.63) is 51.6 Å². The van der Waals surface area contributed by atoms with Gasteiger partial charge >= 0.3 is 0 Å². The number of phenolic OH excluding ortho intramolecular Hbond substituents is 3. The summed E-state index contributed by atoms with van der Waals surface area (Å²) in [5.74, 6) is -4.13. The first-order chi connectivity index (χ1) is 17.4. The van der Waals surface area contributed by atoms with E-state index in [-0.39, 0.29) is 35.1 Å². The van der Waals surface area contributed by atoms with E-state index in [0.717, 1.165) is 6.92 Å². The number of ether oxygens (including phenoxy) is 2. The van der Waals surface area contributed by atoms with Crippen LogP contribution in [0.3, 0.4) is 0 Å². The summed E-state index contributed by atoms with van der Waals surface area (Å²) in [4.78, 5) is 39.1. The topological polar surface area (TPSA) is 197 Å². The van der Waals surface area contributed by atoms with E-state index in [9.17, 15) is 39.9 Å². The number of hydrogen-bond donors (Lipinski definition) is 6. The highest BCUT2D eigenvalue weighted by atomic mass is 16.7. The number of aliphatic hydroxyl groups is 2. The number of ketones is 3. The molecule has 11 heteroatoms. The summed E-state index contributed by atoms with van der Waals surface area (Å²) in [7, 11) is 0. The Kier molecular flexibility index (Phi) is 5.89. The zero-order valence-electron chi connectivity index (χ0n) is 20.1. The first kappa shape index (κ1) is 25.3. The molecule has 0 bridgehead atoms. The number of nitrogens with two attached hydrogens (primary N) is 1. The summed E-state index contributed by atoms with van der Waals surface area (Å²) >= 11 is 0. The van der Waals surface area contributed by atoms with Gasteiger partial charge in [-0.3, -0.25) is 14.4 Å². The van der Waals surface area contributed by atoms with Gasteiger partial charge in [0.2, 0.25) is 5.78 Å². The predicted octanol–water partition coefficient (Wildman–Crippen LogP) is 0.726. The SMILES string of the molecule is CC(=O)[C@]1(O)Cc2c(O)c3c(c(O)c2[C@H](O[C@@H]2C[C@H](N)[C@@H](O)[C@@H](C)O2)C1)C(=O)c1c(O)cccc1C3=O. The predicted molar refractivity (Wildman–Crippen MR) is 125 cm³/mol. The van der Waals surface area contributed by atoms with Crippen molar-refractivity contribution in [3.63, 3.8) is 0 Å². The molecule has 1 heterocycles. The number of hydrogen-bond acceptors (Lipinski definition) is 11. The van der Waals surface area contributed by atoms with Gasteiger partial charge in [-0.2, -0.15) is 0 Å². The van der Waals surface area contributed by atoms with E-state index in [1.165, 1.54) is 18.2 Å². The van der Waals surface area contributed by atoms with Gasteiger partial charge in [-0.25, -0.2) is 0 Å². The van der Waals surface area contributed by atoms with Gasteiger partial charge in [-0.05, 0) is 19.9 Å². The van der Waals surface area contributed by atoms with Crippen LogP contribution in [0, 0.1) is 0 Å². The van der Waals surface area contributed by atoms with Crippen molar-refractivity contribution in [1.29, 1.82) is 0 Å². The monoisotopic (exact) mass is 513 g/mol. The number of benzene rings is 2. The molecule has 6 atom stereocenters. The van der Waals surface area contributed by atoms with Gasteiger partial charge in [-0.15, -0.1) is 0 Å².